The molecule has 6 nitrogen and oxygen atoms in total. The molecular formula is C20H31N3O3. The van der Waals surface area contributed by atoms with Crippen LogP contribution in [0.15, 0.2) is 24.3 Å². The van der Waals surface area contributed by atoms with E-state index in [1.165, 1.54) is 0 Å². The average Bonchev–Trinajstić information content (AvgIpc) is 2.61. The van der Waals surface area contributed by atoms with Crippen LogP contribution in [-0.4, -0.2) is 54.1 Å². The summed E-state index contributed by atoms with van der Waals surface area (Å²) in [5, 5.41) is 14.8. The average molecular weight is 361 g/mol. The van der Waals surface area contributed by atoms with Crippen molar-refractivity contribution in [1.29, 1.82) is 0 Å². The van der Waals surface area contributed by atoms with Gasteiger partial charge in [-0.05, 0) is 56.3 Å². The summed E-state index contributed by atoms with van der Waals surface area (Å²) in [7, 11) is 0. The van der Waals surface area contributed by atoms with E-state index in [4.69, 9.17) is 5.11 Å². The minimum Gasteiger partial charge on any atom is -0.480 e. The highest BCUT2D eigenvalue weighted by atomic mass is 16.4. The number of nitrogens with zero attached hydrogens (tertiary/aromatic N) is 1. The van der Waals surface area contributed by atoms with E-state index in [2.05, 4.69) is 35.4 Å². The third kappa shape index (κ3) is 5.81. The first-order valence-electron chi connectivity index (χ1n) is 9.44. The molecule has 0 aromatic heterocycles. The summed E-state index contributed by atoms with van der Waals surface area (Å²) >= 11 is 0. The Bertz CT molecular complexity index is 618. The van der Waals surface area contributed by atoms with E-state index in [1.54, 1.807) is 0 Å². The molecule has 0 radical (unpaired) electrons. The highest BCUT2D eigenvalue weighted by Gasteiger charge is 2.27. The van der Waals surface area contributed by atoms with Gasteiger partial charge < -0.3 is 15.7 Å². The maximum absolute atomic E-state index is 12.8. The maximum Gasteiger partial charge on any atom is 0.317 e. The summed E-state index contributed by atoms with van der Waals surface area (Å²) in [4.78, 5) is 25.6. The Morgan fingerprint density at radius 1 is 1.27 bits per heavy atom. The van der Waals surface area contributed by atoms with Crippen LogP contribution >= 0.6 is 0 Å². The number of carboxylic acids is 1. The molecule has 3 N–H and O–H groups in total. The number of likely N-dealkylation sites (tertiary alicyclic amines) is 1. The molecule has 1 heterocycles. The molecule has 0 aliphatic carbocycles. The molecule has 1 aliphatic heterocycles. The number of anilines is 1. The van der Waals surface area contributed by atoms with Gasteiger partial charge >= 0.3 is 5.97 Å². The Hall–Kier alpha value is -1.92. The number of amides is 1. The fourth-order valence-corrected chi connectivity index (χ4v) is 3.52. The maximum atomic E-state index is 12.8. The van der Waals surface area contributed by atoms with Gasteiger partial charge in [0.15, 0.2) is 0 Å². The largest absolute Gasteiger partial charge is 0.480 e. The van der Waals surface area contributed by atoms with Crippen LogP contribution < -0.4 is 10.6 Å². The van der Waals surface area contributed by atoms with Crippen LogP contribution in [-0.2, 0) is 9.59 Å². The first kappa shape index (κ1) is 20.4. The Kier molecular flexibility index (Phi) is 7.60. The quantitative estimate of drug-likeness (QED) is 0.663. The summed E-state index contributed by atoms with van der Waals surface area (Å²) in [5.74, 6) is -0.103. The fraction of sp³-hybridized carbons (Fsp3) is 0.600. The van der Waals surface area contributed by atoms with Crippen LogP contribution in [0, 0.1) is 5.92 Å². The number of carboxylic acid groups (broad SMARTS) is 1. The number of carbonyl (C=O) groups excluding carboxylic acids is 1. The number of para-hydroxylation sites is 1. The normalized spacial score (nSPS) is 19.3. The zero-order valence-corrected chi connectivity index (χ0v) is 16.0. The molecule has 2 unspecified atom stereocenters. The van der Waals surface area contributed by atoms with Crippen molar-refractivity contribution in [2.75, 3.05) is 31.5 Å². The molecule has 1 saturated heterocycles. The molecule has 1 amide bonds. The number of carbonyl (C=O) groups is 2. The van der Waals surface area contributed by atoms with Crippen molar-refractivity contribution in [1.82, 2.24) is 10.2 Å². The van der Waals surface area contributed by atoms with E-state index in [9.17, 15) is 9.59 Å². The molecule has 2 atom stereocenters. The minimum absolute atomic E-state index is 0.0113. The highest BCUT2D eigenvalue weighted by molar-refractivity contribution is 5.95. The van der Waals surface area contributed by atoms with Crippen LogP contribution in [0.2, 0.25) is 0 Å². The minimum atomic E-state index is -0.839. The van der Waals surface area contributed by atoms with Gasteiger partial charge in [0.25, 0.3) is 0 Å². The van der Waals surface area contributed by atoms with Crippen LogP contribution in [0.4, 0.5) is 5.69 Å². The van der Waals surface area contributed by atoms with Gasteiger partial charge in [0, 0.05) is 12.2 Å². The van der Waals surface area contributed by atoms with Crippen LogP contribution in [0.1, 0.15) is 45.1 Å². The Labute approximate surface area is 156 Å². The topological polar surface area (TPSA) is 81.7 Å². The second kappa shape index (κ2) is 9.69. The zero-order valence-electron chi connectivity index (χ0n) is 16.0. The summed E-state index contributed by atoms with van der Waals surface area (Å²) < 4.78 is 0. The molecule has 0 bridgehead atoms. The summed E-state index contributed by atoms with van der Waals surface area (Å²) in [6, 6.07) is 7.73. The van der Waals surface area contributed by atoms with Crippen LogP contribution in [0.5, 0.6) is 0 Å². The predicted octanol–water partition coefficient (Wildman–Crippen LogP) is 2.52. The number of benzene rings is 1. The third-order valence-corrected chi connectivity index (χ3v) is 5.03. The lowest BCUT2D eigenvalue weighted by Gasteiger charge is -2.36. The van der Waals surface area contributed by atoms with Gasteiger partial charge in [0.2, 0.25) is 5.91 Å². The summed E-state index contributed by atoms with van der Waals surface area (Å²) in [6.07, 6.45) is 2.09. The standard InChI is InChI=1S/C20H31N3O3/c1-14(2)17-8-4-5-9-18(17)22-20(26)15(3)23-10-6-7-16(13-23)11-21-12-19(24)25/h4-5,8-9,14-16,21H,6-7,10-13H2,1-3H3,(H,22,26)(H,24,25). The second-order valence-electron chi connectivity index (χ2n) is 7.44. The molecule has 0 spiro atoms. The van der Waals surface area contributed by atoms with Crippen molar-refractivity contribution in [3.8, 4) is 0 Å². The smallest absolute Gasteiger partial charge is 0.317 e. The van der Waals surface area contributed by atoms with Crippen molar-refractivity contribution in [2.24, 2.45) is 5.92 Å². The van der Waals surface area contributed by atoms with Crippen molar-refractivity contribution >= 4 is 17.6 Å². The number of hydrogen-bond acceptors (Lipinski definition) is 4. The van der Waals surface area contributed by atoms with Crippen molar-refractivity contribution in [3.63, 3.8) is 0 Å². The number of piperidine rings is 1. The summed E-state index contributed by atoms with van der Waals surface area (Å²) in [5.41, 5.74) is 2.03. The molecule has 0 saturated carbocycles. The number of hydrogen-bond donors (Lipinski definition) is 3. The van der Waals surface area contributed by atoms with Gasteiger partial charge in [-0.15, -0.1) is 0 Å². The van der Waals surface area contributed by atoms with Crippen LogP contribution in [0.3, 0.4) is 0 Å². The van der Waals surface area contributed by atoms with Crippen molar-refractivity contribution in [2.45, 2.75) is 45.6 Å². The number of nitrogens with one attached hydrogen (secondary N) is 2. The number of aliphatic carboxylic acids is 1. The molecule has 26 heavy (non-hydrogen) atoms. The first-order chi connectivity index (χ1) is 12.4. The number of rotatable bonds is 8. The van der Waals surface area contributed by atoms with E-state index >= 15 is 0 Å². The first-order valence-corrected chi connectivity index (χ1v) is 9.44. The molecule has 1 aliphatic rings. The monoisotopic (exact) mass is 361 g/mol. The van der Waals surface area contributed by atoms with Gasteiger partial charge in [-0.25, -0.2) is 0 Å². The lowest BCUT2D eigenvalue weighted by molar-refractivity contribution is -0.136. The van der Waals surface area contributed by atoms with Gasteiger partial charge in [-0.2, -0.15) is 0 Å². The van der Waals surface area contributed by atoms with E-state index in [-0.39, 0.29) is 18.5 Å². The Morgan fingerprint density at radius 2 is 2.00 bits per heavy atom. The van der Waals surface area contributed by atoms with Gasteiger partial charge in [0.1, 0.15) is 0 Å². The van der Waals surface area contributed by atoms with E-state index in [0.29, 0.717) is 18.4 Å². The van der Waals surface area contributed by atoms with Gasteiger partial charge in [-0.1, -0.05) is 32.0 Å². The molecule has 144 valence electrons. The third-order valence-electron chi connectivity index (χ3n) is 5.03. The Balaban J connectivity index is 1.92. The van der Waals surface area contributed by atoms with Crippen molar-refractivity contribution < 1.29 is 14.7 Å². The molecular weight excluding hydrogens is 330 g/mol. The SMILES string of the molecule is CC(C)c1ccccc1NC(=O)C(C)N1CCCC(CNCC(=O)O)C1. The van der Waals surface area contributed by atoms with Gasteiger partial charge in [0.05, 0.1) is 12.6 Å². The molecule has 1 aromatic rings. The fourth-order valence-electron chi connectivity index (χ4n) is 3.52. The lowest BCUT2D eigenvalue weighted by atomic mass is 9.96. The van der Waals surface area contributed by atoms with Gasteiger partial charge in [-0.3, -0.25) is 14.5 Å². The predicted molar refractivity (Wildman–Crippen MR) is 103 cm³/mol. The molecule has 1 aromatic carbocycles. The summed E-state index contributed by atoms with van der Waals surface area (Å²) in [6.45, 7) is 8.55. The van der Waals surface area contributed by atoms with E-state index in [1.807, 2.05) is 25.1 Å². The second-order valence-corrected chi connectivity index (χ2v) is 7.44. The zero-order chi connectivity index (χ0) is 19.1. The van der Waals surface area contributed by atoms with Crippen molar-refractivity contribution in [3.05, 3.63) is 29.8 Å². The Morgan fingerprint density at radius 3 is 2.69 bits per heavy atom. The highest BCUT2D eigenvalue weighted by Crippen LogP contribution is 2.24. The van der Waals surface area contributed by atoms with Crippen LogP contribution in [0.25, 0.3) is 0 Å². The molecule has 6 heteroatoms. The van der Waals surface area contributed by atoms with E-state index in [0.717, 1.165) is 37.2 Å². The van der Waals surface area contributed by atoms with E-state index < -0.39 is 5.97 Å². The molecule has 2 rings (SSSR count). The lowest BCUT2D eigenvalue weighted by Crippen LogP contribution is -2.48. The molecule has 1 fully saturated rings.